The van der Waals surface area contributed by atoms with Gasteiger partial charge in [-0.05, 0) is 46.6 Å². The second-order valence-electron chi connectivity index (χ2n) is 5.80. The Morgan fingerprint density at radius 1 is 1.44 bits per heavy atom. The van der Waals surface area contributed by atoms with E-state index in [1.165, 1.54) is 32.2 Å². The van der Waals surface area contributed by atoms with E-state index in [0.29, 0.717) is 12.1 Å². The molecule has 1 aliphatic rings. The Morgan fingerprint density at radius 2 is 2.12 bits per heavy atom. The predicted octanol–water partition coefficient (Wildman–Crippen LogP) is 1.74. The van der Waals surface area contributed by atoms with Gasteiger partial charge in [0.2, 0.25) is 0 Å². The van der Waals surface area contributed by atoms with Crippen LogP contribution in [0.15, 0.2) is 0 Å². The van der Waals surface area contributed by atoms with Crippen molar-refractivity contribution in [1.82, 2.24) is 4.90 Å². The zero-order valence-corrected chi connectivity index (χ0v) is 11.1. The van der Waals surface area contributed by atoms with E-state index in [-0.39, 0.29) is 6.61 Å². The predicted molar refractivity (Wildman–Crippen MR) is 68.4 cm³/mol. The summed E-state index contributed by atoms with van der Waals surface area (Å²) in [5, 5.41) is 9.22. The lowest BCUT2D eigenvalue weighted by molar-refractivity contribution is 0.110. The highest BCUT2D eigenvalue weighted by atomic mass is 16.3. The fourth-order valence-electron chi connectivity index (χ4n) is 2.81. The van der Waals surface area contributed by atoms with Crippen LogP contribution in [0.25, 0.3) is 0 Å². The van der Waals surface area contributed by atoms with E-state index < -0.39 is 5.54 Å². The zero-order valence-electron chi connectivity index (χ0n) is 11.1. The van der Waals surface area contributed by atoms with Crippen molar-refractivity contribution in [2.45, 2.75) is 70.5 Å². The number of aliphatic hydroxyl groups is 1. The van der Waals surface area contributed by atoms with Gasteiger partial charge in [-0.15, -0.1) is 0 Å². The van der Waals surface area contributed by atoms with Crippen LogP contribution in [-0.4, -0.2) is 40.8 Å². The Kier molecular flexibility index (Phi) is 5.22. The van der Waals surface area contributed by atoms with Gasteiger partial charge in [0.05, 0.1) is 6.61 Å². The molecule has 0 saturated carbocycles. The topological polar surface area (TPSA) is 49.5 Å². The molecule has 1 rings (SSSR count). The van der Waals surface area contributed by atoms with Crippen molar-refractivity contribution < 1.29 is 5.11 Å². The minimum Gasteiger partial charge on any atom is -0.394 e. The van der Waals surface area contributed by atoms with Gasteiger partial charge in [0, 0.05) is 17.6 Å². The number of likely N-dealkylation sites (tertiary alicyclic amines) is 1. The lowest BCUT2D eigenvalue weighted by atomic mass is 9.94. The van der Waals surface area contributed by atoms with Crippen molar-refractivity contribution in [3.8, 4) is 0 Å². The van der Waals surface area contributed by atoms with Gasteiger partial charge in [0.1, 0.15) is 0 Å². The van der Waals surface area contributed by atoms with Crippen molar-refractivity contribution >= 4 is 0 Å². The molecule has 1 saturated heterocycles. The first-order chi connectivity index (χ1) is 7.46. The Labute approximate surface area is 100 Å². The molecule has 0 amide bonds. The third-order valence-corrected chi connectivity index (χ3v) is 3.79. The third-order valence-electron chi connectivity index (χ3n) is 3.79. The molecule has 3 unspecified atom stereocenters. The van der Waals surface area contributed by atoms with Gasteiger partial charge in [-0.3, -0.25) is 4.90 Å². The van der Waals surface area contributed by atoms with Crippen molar-refractivity contribution in [3.05, 3.63) is 0 Å². The standard InChI is InChI=1S/C13H28N2O/c1-11-7-5-4-6-8-15(11)12(2)9-13(3,14)10-16/h11-12,16H,4-10,14H2,1-3H3. The molecule has 1 aliphatic heterocycles. The minimum absolute atomic E-state index is 0.0690. The Bertz CT molecular complexity index is 206. The molecular weight excluding hydrogens is 200 g/mol. The normalized spacial score (nSPS) is 29.4. The molecule has 1 fully saturated rings. The van der Waals surface area contributed by atoms with Crippen LogP contribution in [0.5, 0.6) is 0 Å². The van der Waals surface area contributed by atoms with Crippen LogP contribution in [0.3, 0.4) is 0 Å². The van der Waals surface area contributed by atoms with Gasteiger partial charge < -0.3 is 10.8 Å². The maximum absolute atomic E-state index is 9.22. The molecule has 0 radical (unpaired) electrons. The van der Waals surface area contributed by atoms with Gasteiger partial charge in [-0.1, -0.05) is 12.8 Å². The number of hydrogen-bond acceptors (Lipinski definition) is 3. The van der Waals surface area contributed by atoms with Crippen molar-refractivity contribution in [1.29, 1.82) is 0 Å². The molecule has 3 heteroatoms. The molecule has 1 heterocycles. The fourth-order valence-corrected chi connectivity index (χ4v) is 2.81. The molecule has 16 heavy (non-hydrogen) atoms. The van der Waals surface area contributed by atoms with Crippen molar-refractivity contribution in [2.75, 3.05) is 13.2 Å². The minimum atomic E-state index is -0.439. The Balaban J connectivity index is 2.53. The van der Waals surface area contributed by atoms with Gasteiger partial charge in [-0.25, -0.2) is 0 Å². The highest BCUT2D eigenvalue weighted by Gasteiger charge is 2.27. The summed E-state index contributed by atoms with van der Waals surface area (Å²) in [7, 11) is 0. The number of rotatable bonds is 4. The highest BCUT2D eigenvalue weighted by Crippen LogP contribution is 2.22. The van der Waals surface area contributed by atoms with Crippen LogP contribution in [0.2, 0.25) is 0 Å². The highest BCUT2D eigenvalue weighted by molar-refractivity contribution is 4.86. The lowest BCUT2D eigenvalue weighted by Crippen LogP contribution is -2.49. The first kappa shape index (κ1) is 13.9. The Hall–Kier alpha value is -0.120. The molecule has 0 aliphatic carbocycles. The van der Waals surface area contributed by atoms with Gasteiger partial charge in [0.15, 0.2) is 0 Å². The summed E-state index contributed by atoms with van der Waals surface area (Å²) in [5.74, 6) is 0. The van der Waals surface area contributed by atoms with Gasteiger partial charge in [-0.2, -0.15) is 0 Å². The summed E-state index contributed by atoms with van der Waals surface area (Å²) < 4.78 is 0. The molecule has 96 valence electrons. The van der Waals surface area contributed by atoms with E-state index >= 15 is 0 Å². The summed E-state index contributed by atoms with van der Waals surface area (Å²) in [4.78, 5) is 2.56. The largest absolute Gasteiger partial charge is 0.394 e. The molecule has 0 bridgehead atoms. The summed E-state index contributed by atoms with van der Waals surface area (Å²) >= 11 is 0. The molecule has 0 aromatic rings. The number of nitrogens with two attached hydrogens (primary N) is 1. The monoisotopic (exact) mass is 228 g/mol. The van der Waals surface area contributed by atoms with Gasteiger partial charge in [0.25, 0.3) is 0 Å². The number of nitrogens with zero attached hydrogens (tertiary/aromatic N) is 1. The van der Waals surface area contributed by atoms with Crippen LogP contribution in [-0.2, 0) is 0 Å². The second kappa shape index (κ2) is 5.99. The Morgan fingerprint density at radius 3 is 2.75 bits per heavy atom. The quantitative estimate of drug-likeness (QED) is 0.770. The maximum Gasteiger partial charge on any atom is 0.0609 e. The SMILES string of the molecule is CC1CCCCCN1C(C)CC(C)(N)CO. The third kappa shape index (κ3) is 4.04. The smallest absolute Gasteiger partial charge is 0.0609 e. The summed E-state index contributed by atoms with van der Waals surface area (Å²) in [5.41, 5.74) is 5.59. The fraction of sp³-hybridized carbons (Fsp3) is 1.00. The average molecular weight is 228 g/mol. The average Bonchev–Trinajstić information content (AvgIpc) is 2.42. The maximum atomic E-state index is 9.22. The number of aliphatic hydroxyl groups excluding tert-OH is 1. The molecular formula is C13H28N2O. The van der Waals surface area contributed by atoms with E-state index in [0.717, 1.165) is 6.42 Å². The molecule has 3 N–H and O–H groups in total. The molecule has 0 aromatic heterocycles. The van der Waals surface area contributed by atoms with Crippen LogP contribution in [0.1, 0.15) is 52.9 Å². The summed E-state index contributed by atoms with van der Waals surface area (Å²) in [6.07, 6.45) is 6.17. The number of hydrogen-bond donors (Lipinski definition) is 2. The van der Waals surface area contributed by atoms with Crippen LogP contribution in [0.4, 0.5) is 0 Å². The zero-order chi connectivity index (χ0) is 12.2. The van der Waals surface area contributed by atoms with Crippen LogP contribution >= 0.6 is 0 Å². The molecule has 3 atom stereocenters. The van der Waals surface area contributed by atoms with Crippen LogP contribution < -0.4 is 5.73 Å². The van der Waals surface area contributed by atoms with E-state index in [4.69, 9.17) is 5.73 Å². The summed E-state index contributed by atoms with van der Waals surface area (Å²) in [6, 6.07) is 1.13. The van der Waals surface area contributed by atoms with E-state index in [1.54, 1.807) is 0 Å². The van der Waals surface area contributed by atoms with Crippen molar-refractivity contribution in [2.24, 2.45) is 5.73 Å². The molecule has 0 spiro atoms. The van der Waals surface area contributed by atoms with Crippen LogP contribution in [0, 0.1) is 0 Å². The van der Waals surface area contributed by atoms with E-state index in [9.17, 15) is 5.11 Å². The first-order valence-corrected chi connectivity index (χ1v) is 6.62. The first-order valence-electron chi connectivity index (χ1n) is 6.62. The lowest BCUT2D eigenvalue weighted by Gasteiger charge is -2.37. The second-order valence-corrected chi connectivity index (χ2v) is 5.80. The summed E-state index contributed by atoms with van der Waals surface area (Å²) in [6.45, 7) is 7.74. The van der Waals surface area contributed by atoms with E-state index in [2.05, 4.69) is 18.7 Å². The van der Waals surface area contributed by atoms with Gasteiger partial charge >= 0.3 is 0 Å². The molecule has 3 nitrogen and oxygen atoms in total. The van der Waals surface area contributed by atoms with Crippen molar-refractivity contribution in [3.63, 3.8) is 0 Å². The molecule has 0 aromatic carbocycles. The van der Waals surface area contributed by atoms with E-state index in [1.807, 2.05) is 6.92 Å².